The number of carboxylic acid groups (broad SMARTS) is 1. The molecule has 2 atom stereocenters. The highest BCUT2D eigenvalue weighted by molar-refractivity contribution is 6.11. The maximum atomic E-state index is 12.6. The molecule has 6 aromatic carbocycles. The fraction of sp³-hybridized carbons (Fsp3) is 0.213. The Balaban J connectivity index is 1.22. The van der Waals surface area contributed by atoms with Gasteiger partial charge in [0.05, 0.1) is 20.3 Å². The third-order valence-electron chi connectivity index (χ3n) is 11.7. The van der Waals surface area contributed by atoms with Crippen molar-refractivity contribution in [3.8, 4) is 28.4 Å². The predicted octanol–water partition coefficient (Wildman–Crippen LogP) is 9.36. The van der Waals surface area contributed by atoms with E-state index in [0.717, 1.165) is 75.2 Å². The number of carboxylic acids is 1. The predicted molar refractivity (Wildman–Crippen MR) is 214 cm³/mol. The Morgan fingerprint density at radius 1 is 0.852 bits per heavy atom. The Morgan fingerprint density at radius 3 is 2.30 bits per heavy atom. The summed E-state index contributed by atoms with van der Waals surface area (Å²) in [5.74, 6) is 0.803. The second kappa shape index (κ2) is 12.8. The molecule has 2 aliphatic heterocycles. The van der Waals surface area contributed by atoms with Crippen LogP contribution < -0.4 is 24.4 Å². The summed E-state index contributed by atoms with van der Waals surface area (Å²) < 4.78 is 18.6. The van der Waals surface area contributed by atoms with Crippen molar-refractivity contribution < 1.29 is 24.1 Å². The lowest BCUT2D eigenvalue weighted by Gasteiger charge is -2.40. The third kappa shape index (κ3) is 5.10. The van der Waals surface area contributed by atoms with Crippen molar-refractivity contribution in [2.45, 2.75) is 30.9 Å². The van der Waals surface area contributed by atoms with Gasteiger partial charge >= 0.3 is 5.97 Å². The fourth-order valence-electron chi connectivity index (χ4n) is 9.01. The van der Waals surface area contributed by atoms with Crippen LogP contribution in [0.15, 0.2) is 121 Å². The molecule has 2 unspecified atom stereocenters. The van der Waals surface area contributed by atoms with E-state index < -0.39 is 11.6 Å². The number of nitrogens with zero attached hydrogens (tertiary/aromatic N) is 1. The Morgan fingerprint density at radius 2 is 1.57 bits per heavy atom. The van der Waals surface area contributed by atoms with Crippen molar-refractivity contribution in [2.75, 3.05) is 38.8 Å². The highest BCUT2D eigenvalue weighted by Gasteiger charge is 2.44. The summed E-state index contributed by atoms with van der Waals surface area (Å²) in [6.45, 7) is 7.10. The average molecular weight is 715 g/mol. The van der Waals surface area contributed by atoms with Crippen LogP contribution in [-0.4, -0.2) is 44.9 Å². The van der Waals surface area contributed by atoms with Gasteiger partial charge in [0.1, 0.15) is 22.8 Å². The van der Waals surface area contributed by atoms with Crippen molar-refractivity contribution in [1.82, 2.24) is 5.32 Å². The number of hydrogen-bond donors (Lipinski definition) is 2. The van der Waals surface area contributed by atoms with Gasteiger partial charge in [-0.2, -0.15) is 0 Å². The zero-order valence-electron chi connectivity index (χ0n) is 30.9. The smallest absolute Gasteiger partial charge is 0.339 e. The highest BCUT2D eigenvalue weighted by atomic mass is 16.5. The zero-order valence-corrected chi connectivity index (χ0v) is 30.9. The van der Waals surface area contributed by atoms with E-state index in [-0.39, 0.29) is 22.8 Å². The molecule has 7 nitrogen and oxygen atoms in total. The van der Waals surface area contributed by atoms with E-state index in [1.54, 1.807) is 13.2 Å². The number of methoxy groups -OCH3 is 2. The van der Waals surface area contributed by atoms with Crippen molar-refractivity contribution in [2.24, 2.45) is 0 Å². The van der Waals surface area contributed by atoms with E-state index in [2.05, 4.69) is 103 Å². The quantitative estimate of drug-likeness (QED) is 0.171. The summed E-state index contributed by atoms with van der Waals surface area (Å²) in [4.78, 5) is 15.1. The zero-order chi connectivity index (χ0) is 37.2. The van der Waals surface area contributed by atoms with Gasteiger partial charge in [-0.1, -0.05) is 98.8 Å². The minimum Gasteiger partial charge on any atom is -0.497 e. The molecule has 0 spiro atoms. The Kier molecular flexibility index (Phi) is 8.01. The molecule has 1 saturated heterocycles. The van der Waals surface area contributed by atoms with Gasteiger partial charge in [-0.05, 0) is 75.7 Å². The van der Waals surface area contributed by atoms with E-state index in [0.29, 0.717) is 5.75 Å². The molecule has 270 valence electrons. The number of ether oxygens (including phenoxy) is 3. The lowest BCUT2D eigenvalue weighted by atomic mass is 9.76. The lowest BCUT2D eigenvalue weighted by Crippen LogP contribution is -2.46. The molecule has 2 heterocycles. The average Bonchev–Trinajstić information content (AvgIpc) is 3.47. The highest BCUT2D eigenvalue weighted by Crippen LogP contribution is 2.58. The number of rotatable bonds is 7. The second-order valence-corrected chi connectivity index (χ2v) is 14.8. The van der Waals surface area contributed by atoms with E-state index in [1.165, 1.54) is 18.2 Å². The van der Waals surface area contributed by atoms with Crippen LogP contribution in [0.2, 0.25) is 0 Å². The molecule has 54 heavy (non-hydrogen) atoms. The van der Waals surface area contributed by atoms with Crippen LogP contribution in [0, 0.1) is 0 Å². The molecule has 6 aromatic rings. The number of aromatic carboxylic acids is 1. The van der Waals surface area contributed by atoms with Gasteiger partial charge in [0.2, 0.25) is 0 Å². The number of anilines is 1. The molecule has 2 N–H and O–H groups in total. The first kappa shape index (κ1) is 33.8. The van der Waals surface area contributed by atoms with Crippen molar-refractivity contribution >= 4 is 28.5 Å². The fourth-order valence-corrected chi connectivity index (χ4v) is 9.01. The van der Waals surface area contributed by atoms with Crippen molar-refractivity contribution in [3.05, 3.63) is 160 Å². The van der Waals surface area contributed by atoms with Crippen molar-refractivity contribution in [1.29, 1.82) is 0 Å². The van der Waals surface area contributed by atoms with Crippen LogP contribution in [0.5, 0.6) is 17.2 Å². The standard InChI is InChI=1S/C47H42N2O5/c1-46(2)39-13-9-8-12-34(39)42-36-26-38(45(50)51)41(53-4)27-37(36)44-35(43(42)46)22-23-47(54-44,30-10-6-5-7-11-30)31-16-18-32(19-17-31)49-25-24-48-28-40(49)29-14-20-33(52-3)21-15-29/h5-23,26-27,40,48H,24-25,28H2,1-4H3,(H,50,51). The molecule has 1 aliphatic carbocycles. The van der Waals surface area contributed by atoms with Crippen LogP contribution in [0.25, 0.3) is 28.0 Å². The number of benzene rings is 6. The van der Waals surface area contributed by atoms with Gasteiger partial charge in [0, 0.05) is 52.8 Å². The SMILES string of the molecule is COc1ccc(C2CNCCN2c2ccc(C3(c4ccccc4)C=Cc4c5c(c6cc(C(=O)O)c(OC)cc6c4O3)-c3ccccc3C5(C)C)cc2)cc1. The number of carbonyl (C=O) groups is 1. The van der Waals surface area contributed by atoms with Gasteiger partial charge in [-0.15, -0.1) is 0 Å². The molecule has 0 bridgehead atoms. The van der Waals surface area contributed by atoms with Crippen LogP contribution in [0.1, 0.15) is 63.6 Å². The maximum absolute atomic E-state index is 12.6. The number of fused-ring (bicyclic) bond motifs is 8. The third-order valence-corrected chi connectivity index (χ3v) is 11.7. The maximum Gasteiger partial charge on any atom is 0.339 e. The first-order valence-electron chi connectivity index (χ1n) is 18.5. The molecule has 0 saturated carbocycles. The first-order valence-corrected chi connectivity index (χ1v) is 18.5. The van der Waals surface area contributed by atoms with Crippen LogP contribution in [0.3, 0.4) is 0 Å². The summed E-state index contributed by atoms with van der Waals surface area (Å²) in [6, 6.07) is 39.7. The van der Waals surface area contributed by atoms with Crippen LogP contribution >= 0.6 is 0 Å². The number of hydrogen-bond acceptors (Lipinski definition) is 6. The van der Waals surface area contributed by atoms with Crippen LogP contribution in [0.4, 0.5) is 5.69 Å². The molecule has 0 amide bonds. The largest absolute Gasteiger partial charge is 0.497 e. The molecule has 7 heteroatoms. The van der Waals surface area contributed by atoms with E-state index in [1.807, 2.05) is 42.5 Å². The summed E-state index contributed by atoms with van der Waals surface area (Å²) >= 11 is 0. The molecule has 9 rings (SSSR count). The first-order chi connectivity index (χ1) is 26.2. The Bertz CT molecular complexity index is 2450. The molecule has 3 aliphatic rings. The monoisotopic (exact) mass is 714 g/mol. The van der Waals surface area contributed by atoms with Gasteiger partial charge in [0.25, 0.3) is 0 Å². The topological polar surface area (TPSA) is 80.3 Å². The molecule has 0 radical (unpaired) electrons. The second-order valence-electron chi connectivity index (χ2n) is 14.8. The summed E-state index contributed by atoms with van der Waals surface area (Å²) in [5.41, 5.74) is 8.60. The van der Waals surface area contributed by atoms with Gasteiger partial charge in [-0.25, -0.2) is 4.79 Å². The Labute approximate surface area is 315 Å². The molecular weight excluding hydrogens is 673 g/mol. The number of piperazine rings is 1. The summed E-state index contributed by atoms with van der Waals surface area (Å²) in [6.07, 6.45) is 4.41. The molecule has 0 aromatic heterocycles. The van der Waals surface area contributed by atoms with Crippen LogP contribution in [-0.2, 0) is 11.0 Å². The summed E-state index contributed by atoms with van der Waals surface area (Å²) in [5, 5.41) is 15.5. The van der Waals surface area contributed by atoms with E-state index in [9.17, 15) is 9.90 Å². The Hall–Kier alpha value is -6.05. The normalized spacial score (nSPS) is 19.4. The number of nitrogens with one attached hydrogen (secondary N) is 1. The van der Waals surface area contributed by atoms with E-state index in [4.69, 9.17) is 14.2 Å². The van der Waals surface area contributed by atoms with Gasteiger partial charge < -0.3 is 29.5 Å². The minimum absolute atomic E-state index is 0.117. The minimum atomic E-state index is -1.04. The molecular formula is C47H42N2O5. The van der Waals surface area contributed by atoms with Crippen molar-refractivity contribution in [3.63, 3.8) is 0 Å². The van der Waals surface area contributed by atoms with Gasteiger partial charge in [0.15, 0.2) is 5.60 Å². The molecule has 1 fully saturated rings. The van der Waals surface area contributed by atoms with E-state index >= 15 is 0 Å². The van der Waals surface area contributed by atoms with Gasteiger partial charge in [-0.3, -0.25) is 0 Å². The summed E-state index contributed by atoms with van der Waals surface area (Å²) in [7, 11) is 3.21. The lowest BCUT2D eigenvalue weighted by molar-refractivity contribution is 0.0693.